The molecule has 6 nitrogen and oxygen atoms in total. The quantitative estimate of drug-likeness (QED) is 0.894. The fourth-order valence-electron chi connectivity index (χ4n) is 4.14. The van der Waals surface area contributed by atoms with E-state index in [0.717, 1.165) is 62.4 Å². The van der Waals surface area contributed by atoms with Crippen LogP contribution in [-0.2, 0) is 13.0 Å². The van der Waals surface area contributed by atoms with Crippen LogP contribution in [0.2, 0.25) is 0 Å². The van der Waals surface area contributed by atoms with Crippen molar-refractivity contribution in [3.8, 4) is 0 Å². The van der Waals surface area contributed by atoms with E-state index < -0.39 is 0 Å². The van der Waals surface area contributed by atoms with Gasteiger partial charge in [-0.1, -0.05) is 18.6 Å². The number of carbonyl (C=O) groups excluding carboxylic acids is 1. The molecule has 144 valence electrons. The number of hydrogen-bond acceptors (Lipinski definition) is 3. The number of benzene rings is 1. The average molecular weight is 371 g/mol. The van der Waals surface area contributed by atoms with Crippen LogP contribution in [0, 0.1) is 5.82 Å². The number of amides is 2. The summed E-state index contributed by atoms with van der Waals surface area (Å²) in [5, 5.41) is 11.9. The lowest BCUT2D eigenvalue weighted by Gasteiger charge is -2.27. The smallest absolute Gasteiger partial charge is 0.318 e. The molecule has 0 aliphatic carbocycles. The number of likely N-dealkylation sites (tertiary alicyclic amines) is 1. The number of halogens is 1. The molecule has 1 aromatic carbocycles. The molecule has 2 aromatic rings. The van der Waals surface area contributed by atoms with Gasteiger partial charge >= 0.3 is 6.03 Å². The maximum absolute atomic E-state index is 13.1. The Bertz CT molecular complexity index is 803. The van der Waals surface area contributed by atoms with E-state index in [9.17, 15) is 9.18 Å². The summed E-state index contributed by atoms with van der Waals surface area (Å²) in [5.41, 5.74) is 0.886. The van der Waals surface area contributed by atoms with Gasteiger partial charge in [0.25, 0.3) is 0 Å². The molecule has 0 unspecified atom stereocenters. The van der Waals surface area contributed by atoms with E-state index in [1.165, 1.54) is 18.6 Å². The lowest BCUT2D eigenvalue weighted by molar-refractivity contribution is 0.186. The molecule has 0 bridgehead atoms. The summed E-state index contributed by atoms with van der Waals surface area (Å²) in [6.07, 6.45) is 6.35. The molecule has 4 rings (SSSR count). The minimum Gasteiger partial charge on any atom is -0.331 e. The molecule has 1 fully saturated rings. The lowest BCUT2D eigenvalue weighted by Crippen LogP contribution is -2.41. The molecule has 0 radical (unpaired) electrons. The average Bonchev–Trinajstić information content (AvgIpc) is 3.23. The number of aryl methyl sites for hydroxylation is 1. The van der Waals surface area contributed by atoms with Crippen LogP contribution in [-0.4, -0.2) is 32.2 Å². The van der Waals surface area contributed by atoms with Gasteiger partial charge in [0.05, 0.1) is 12.1 Å². The van der Waals surface area contributed by atoms with Crippen LogP contribution in [0.15, 0.2) is 24.3 Å². The first-order chi connectivity index (χ1) is 13.1. The molecular weight excluding hydrogens is 345 g/mol. The molecule has 1 saturated heterocycles. The molecule has 1 aromatic heterocycles. The second-order valence-corrected chi connectivity index (χ2v) is 7.51. The Balaban J connectivity index is 1.49. The highest BCUT2D eigenvalue weighted by atomic mass is 19.1. The van der Waals surface area contributed by atoms with Gasteiger partial charge in [-0.25, -0.2) is 9.18 Å². The van der Waals surface area contributed by atoms with Crippen molar-refractivity contribution in [1.82, 2.24) is 25.0 Å². The molecule has 2 atom stereocenters. The molecule has 2 aliphatic rings. The van der Waals surface area contributed by atoms with Crippen LogP contribution in [0.3, 0.4) is 0 Å². The molecule has 1 N–H and O–H groups in total. The summed E-state index contributed by atoms with van der Waals surface area (Å²) in [4.78, 5) is 14.8. The number of urea groups is 1. The summed E-state index contributed by atoms with van der Waals surface area (Å²) in [7, 11) is 0. The van der Waals surface area contributed by atoms with Crippen molar-refractivity contribution >= 4 is 6.03 Å². The highest BCUT2D eigenvalue weighted by Crippen LogP contribution is 2.32. The van der Waals surface area contributed by atoms with E-state index in [1.54, 1.807) is 12.1 Å². The van der Waals surface area contributed by atoms with Crippen molar-refractivity contribution in [3.05, 3.63) is 47.3 Å². The Morgan fingerprint density at radius 2 is 1.96 bits per heavy atom. The monoisotopic (exact) mass is 371 g/mol. The van der Waals surface area contributed by atoms with E-state index in [-0.39, 0.29) is 23.9 Å². The summed E-state index contributed by atoms with van der Waals surface area (Å²) >= 11 is 0. The highest BCUT2D eigenvalue weighted by molar-refractivity contribution is 5.75. The summed E-state index contributed by atoms with van der Waals surface area (Å²) in [5.74, 6) is 1.70. The number of rotatable bonds is 3. The molecule has 7 heteroatoms. The third-order valence-electron chi connectivity index (χ3n) is 5.66. The Kier molecular flexibility index (Phi) is 5.09. The summed E-state index contributed by atoms with van der Waals surface area (Å²) in [6, 6.07) is 5.95. The van der Waals surface area contributed by atoms with Gasteiger partial charge in [0.15, 0.2) is 5.82 Å². The maximum atomic E-state index is 13.1. The Morgan fingerprint density at radius 1 is 1.15 bits per heavy atom. The molecule has 0 saturated carbocycles. The second-order valence-electron chi connectivity index (χ2n) is 7.51. The number of fused-ring (bicyclic) bond motifs is 1. The van der Waals surface area contributed by atoms with Crippen LogP contribution in [0.25, 0.3) is 0 Å². The lowest BCUT2D eigenvalue weighted by atomic mass is 10.1. The standard InChI is InChI=1S/C20H26FN5O/c1-14(15-8-10-16(21)11-9-15)22-20(27)25-13-5-6-17(25)19-24-23-18-7-3-2-4-12-26(18)19/h8-11,14,17H,2-7,12-13H2,1H3,(H,22,27)/t14-,17-/m0/s1. The summed E-state index contributed by atoms with van der Waals surface area (Å²) < 4.78 is 15.4. The normalized spacial score (nSPS) is 20.8. The fraction of sp³-hybridized carbons (Fsp3) is 0.550. The van der Waals surface area contributed by atoms with Crippen LogP contribution < -0.4 is 5.32 Å². The molecule has 3 heterocycles. The van der Waals surface area contributed by atoms with Crippen molar-refractivity contribution in [2.45, 2.75) is 64.1 Å². The van der Waals surface area contributed by atoms with E-state index in [2.05, 4.69) is 20.1 Å². The number of carbonyl (C=O) groups is 1. The molecular formula is C20H26FN5O. The minimum atomic E-state index is -0.274. The van der Waals surface area contributed by atoms with Crippen LogP contribution in [0.5, 0.6) is 0 Å². The van der Waals surface area contributed by atoms with Crippen molar-refractivity contribution in [2.24, 2.45) is 0 Å². The van der Waals surface area contributed by atoms with E-state index in [0.29, 0.717) is 0 Å². The van der Waals surface area contributed by atoms with Gasteiger partial charge in [-0.3, -0.25) is 0 Å². The van der Waals surface area contributed by atoms with Gasteiger partial charge in [-0.05, 0) is 50.3 Å². The second kappa shape index (κ2) is 7.66. The number of aromatic nitrogens is 3. The Labute approximate surface area is 158 Å². The van der Waals surface area contributed by atoms with E-state index in [1.807, 2.05) is 11.8 Å². The minimum absolute atomic E-state index is 0.0234. The predicted molar refractivity (Wildman–Crippen MR) is 99.6 cm³/mol. The van der Waals surface area contributed by atoms with E-state index >= 15 is 0 Å². The van der Waals surface area contributed by atoms with Gasteiger partial charge < -0.3 is 14.8 Å². The summed E-state index contributed by atoms with van der Waals surface area (Å²) in [6.45, 7) is 3.57. The van der Waals surface area contributed by atoms with Gasteiger partial charge in [-0.2, -0.15) is 0 Å². The van der Waals surface area contributed by atoms with E-state index in [4.69, 9.17) is 0 Å². The van der Waals surface area contributed by atoms with Crippen molar-refractivity contribution in [2.75, 3.05) is 6.54 Å². The molecule has 0 spiro atoms. The Hall–Kier alpha value is -2.44. The first-order valence-electron chi connectivity index (χ1n) is 9.88. The third-order valence-corrected chi connectivity index (χ3v) is 5.66. The zero-order valence-electron chi connectivity index (χ0n) is 15.7. The van der Waals surface area contributed by atoms with Gasteiger partial charge in [-0.15, -0.1) is 10.2 Å². The number of nitrogens with one attached hydrogen (secondary N) is 1. The van der Waals surface area contributed by atoms with Crippen LogP contribution >= 0.6 is 0 Å². The van der Waals surface area contributed by atoms with Crippen LogP contribution in [0.4, 0.5) is 9.18 Å². The number of hydrogen-bond donors (Lipinski definition) is 1. The van der Waals surface area contributed by atoms with Gasteiger partial charge in [0.2, 0.25) is 0 Å². The first kappa shape index (κ1) is 17.9. The SMILES string of the molecule is C[C@H](NC(=O)N1CCC[C@H]1c1nnc2n1CCCCC2)c1ccc(F)cc1. The third kappa shape index (κ3) is 3.68. The highest BCUT2D eigenvalue weighted by Gasteiger charge is 2.34. The van der Waals surface area contributed by atoms with Gasteiger partial charge in [0.1, 0.15) is 11.6 Å². The first-order valence-corrected chi connectivity index (χ1v) is 9.88. The predicted octanol–water partition coefficient (Wildman–Crippen LogP) is 3.75. The Morgan fingerprint density at radius 3 is 2.78 bits per heavy atom. The van der Waals surface area contributed by atoms with Crippen molar-refractivity contribution in [1.29, 1.82) is 0 Å². The zero-order valence-corrected chi connectivity index (χ0v) is 15.7. The van der Waals surface area contributed by atoms with Crippen molar-refractivity contribution < 1.29 is 9.18 Å². The van der Waals surface area contributed by atoms with Gasteiger partial charge in [0, 0.05) is 19.5 Å². The zero-order chi connectivity index (χ0) is 18.8. The topological polar surface area (TPSA) is 63.1 Å². The van der Waals surface area contributed by atoms with Crippen LogP contribution in [0.1, 0.15) is 68.3 Å². The molecule has 2 aliphatic heterocycles. The molecule has 2 amide bonds. The largest absolute Gasteiger partial charge is 0.331 e. The fourth-order valence-corrected chi connectivity index (χ4v) is 4.14. The van der Waals surface area contributed by atoms with Crippen molar-refractivity contribution in [3.63, 3.8) is 0 Å². The molecule has 27 heavy (non-hydrogen) atoms. The maximum Gasteiger partial charge on any atom is 0.318 e. The number of nitrogens with zero attached hydrogens (tertiary/aromatic N) is 4.